The standard InChI is InChI=1S/C34H37N5O4/c1-37(25-13-17-42-18-14-25)32(40)22-43-28-9-5-23(6-10-28)33-35-30-12-8-27(20-31(30)36-33)39-21-24-19-26(7-11-29(24)34(39)41)38-15-3-2-4-16-38/h5-12,19-20,25H,2-4,13-18,21-22H2,1H3,(H,35,36). The zero-order valence-corrected chi connectivity index (χ0v) is 24.6. The van der Waals surface area contributed by atoms with E-state index in [0.717, 1.165) is 65.2 Å². The summed E-state index contributed by atoms with van der Waals surface area (Å²) < 4.78 is 11.2. The summed E-state index contributed by atoms with van der Waals surface area (Å²) in [7, 11) is 1.84. The van der Waals surface area contributed by atoms with Crippen LogP contribution in [0, 0.1) is 0 Å². The second-order valence-electron chi connectivity index (χ2n) is 11.7. The number of rotatable bonds is 7. The molecular weight excluding hydrogens is 542 g/mol. The highest BCUT2D eigenvalue weighted by Crippen LogP contribution is 2.34. The van der Waals surface area contributed by atoms with Crippen molar-refractivity contribution in [2.24, 2.45) is 0 Å². The highest BCUT2D eigenvalue weighted by atomic mass is 16.5. The summed E-state index contributed by atoms with van der Waals surface area (Å²) >= 11 is 0. The Morgan fingerprint density at radius 1 is 1.00 bits per heavy atom. The van der Waals surface area contributed by atoms with Gasteiger partial charge in [0.2, 0.25) is 0 Å². The van der Waals surface area contributed by atoms with E-state index in [4.69, 9.17) is 14.5 Å². The van der Waals surface area contributed by atoms with Crippen molar-refractivity contribution in [1.82, 2.24) is 14.9 Å². The Labute approximate surface area is 251 Å². The normalized spacial score (nSPS) is 17.4. The van der Waals surface area contributed by atoms with Crippen molar-refractivity contribution < 1.29 is 19.1 Å². The largest absolute Gasteiger partial charge is 0.484 e. The highest BCUT2D eigenvalue weighted by Gasteiger charge is 2.30. The van der Waals surface area contributed by atoms with Gasteiger partial charge >= 0.3 is 0 Å². The van der Waals surface area contributed by atoms with Crippen molar-refractivity contribution >= 4 is 34.2 Å². The van der Waals surface area contributed by atoms with Gasteiger partial charge in [-0.15, -0.1) is 0 Å². The van der Waals surface area contributed by atoms with E-state index in [-0.39, 0.29) is 24.5 Å². The number of amides is 2. The van der Waals surface area contributed by atoms with Crippen LogP contribution in [0.25, 0.3) is 22.4 Å². The van der Waals surface area contributed by atoms with Gasteiger partial charge in [0.15, 0.2) is 6.61 Å². The minimum Gasteiger partial charge on any atom is -0.484 e. The molecule has 0 saturated carbocycles. The first-order chi connectivity index (χ1) is 21.0. The molecular formula is C34H37N5O4. The summed E-state index contributed by atoms with van der Waals surface area (Å²) in [5, 5.41) is 0. The average molecular weight is 580 g/mol. The minimum absolute atomic E-state index is 0.000719. The predicted molar refractivity (Wildman–Crippen MR) is 167 cm³/mol. The molecule has 4 heterocycles. The Kier molecular flexibility index (Phi) is 7.49. The quantitative estimate of drug-likeness (QED) is 0.316. The first-order valence-corrected chi connectivity index (χ1v) is 15.3. The van der Waals surface area contributed by atoms with E-state index in [1.54, 1.807) is 4.90 Å². The van der Waals surface area contributed by atoms with Gasteiger partial charge in [0.05, 0.1) is 17.6 Å². The van der Waals surface area contributed by atoms with Gasteiger partial charge in [-0.05, 0) is 98.3 Å². The summed E-state index contributed by atoms with van der Waals surface area (Å²) in [5.74, 6) is 1.36. The zero-order valence-electron chi connectivity index (χ0n) is 24.6. The molecule has 3 aromatic carbocycles. The van der Waals surface area contributed by atoms with E-state index >= 15 is 0 Å². The molecule has 2 saturated heterocycles. The molecule has 9 nitrogen and oxygen atoms in total. The number of hydrogen-bond acceptors (Lipinski definition) is 6. The van der Waals surface area contributed by atoms with E-state index in [1.807, 2.05) is 60.5 Å². The maximum absolute atomic E-state index is 13.3. The fourth-order valence-corrected chi connectivity index (χ4v) is 6.40. The summed E-state index contributed by atoms with van der Waals surface area (Å²) in [5.41, 5.74) is 6.54. The van der Waals surface area contributed by atoms with E-state index in [0.29, 0.717) is 25.5 Å². The van der Waals surface area contributed by atoms with Gasteiger partial charge in [0, 0.05) is 61.9 Å². The maximum atomic E-state index is 13.3. The SMILES string of the molecule is CN(C(=O)COc1ccc(-c2nc3ccc(N4Cc5cc(N6CCCCC6)ccc5C4=O)cc3[nH]2)cc1)C1CCOCC1. The number of nitrogens with zero attached hydrogens (tertiary/aromatic N) is 4. The Hall–Kier alpha value is -4.37. The van der Waals surface area contributed by atoms with E-state index < -0.39 is 0 Å². The van der Waals surface area contributed by atoms with Crippen LogP contribution in [-0.2, 0) is 16.1 Å². The van der Waals surface area contributed by atoms with Gasteiger partial charge in [-0.2, -0.15) is 0 Å². The third-order valence-electron chi connectivity index (χ3n) is 9.01. The number of carbonyl (C=O) groups is 2. The van der Waals surface area contributed by atoms with Gasteiger partial charge in [0.25, 0.3) is 11.8 Å². The Balaban J connectivity index is 1.02. The number of piperidine rings is 1. The molecule has 2 fully saturated rings. The lowest BCUT2D eigenvalue weighted by atomic mass is 10.1. The van der Waals surface area contributed by atoms with E-state index in [1.165, 1.54) is 24.9 Å². The second-order valence-corrected chi connectivity index (χ2v) is 11.7. The molecule has 7 rings (SSSR count). The Bertz CT molecular complexity index is 1640. The molecule has 0 unspecified atom stereocenters. The number of hydrogen-bond donors (Lipinski definition) is 1. The number of imidazole rings is 1. The number of nitrogens with one attached hydrogen (secondary N) is 1. The Morgan fingerprint density at radius 3 is 2.56 bits per heavy atom. The first kappa shape index (κ1) is 27.5. The molecule has 3 aliphatic heterocycles. The number of fused-ring (bicyclic) bond motifs is 2. The summed E-state index contributed by atoms with van der Waals surface area (Å²) in [6.45, 7) is 4.12. The zero-order chi connectivity index (χ0) is 29.3. The molecule has 9 heteroatoms. The monoisotopic (exact) mass is 579 g/mol. The Morgan fingerprint density at radius 2 is 1.77 bits per heavy atom. The van der Waals surface area contributed by atoms with Crippen LogP contribution in [0.1, 0.15) is 48.0 Å². The van der Waals surface area contributed by atoms with Crippen molar-refractivity contribution in [3.8, 4) is 17.1 Å². The lowest BCUT2D eigenvalue weighted by Crippen LogP contribution is -2.42. The molecule has 1 N–H and O–H groups in total. The number of likely N-dealkylation sites (N-methyl/N-ethyl adjacent to an activating group) is 1. The lowest BCUT2D eigenvalue weighted by molar-refractivity contribution is -0.135. The van der Waals surface area contributed by atoms with Crippen LogP contribution >= 0.6 is 0 Å². The number of H-pyrrole nitrogens is 1. The fourth-order valence-electron chi connectivity index (χ4n) is 6.40. The molecule has 0 atom stereocenters. The molecule has 0 aliphatic carbocycles. The van der Waals surface area contributed by atoms with Crippen LogP contribution in [0.2, 0.25) is 0 Å². The van der Waals surface area contributed by atoms with Crippen LogP contribution in [0.4, 0.5) is 11.4 Å². The molecule has 0 bridgehead atoms. The molecule has 2 amide bonds. The number of aromatic nitrogens is 2. The van der Waals surface area contributed by atoms with E-state index in [2.05, 4.69) is 22.0 Å². The van der Waals surface area contributed by atoms with Crippen molar-refractivity contribution in [3.05, 3.63) is 71.8 Å². The third kappa shape index (κ3) is 5.57. The topological polar surface area (TPSA) is 91.0 Å². The number of benzene rings is 3. The smallest absolute Gasteiger partial charge is 0.260 e. The van der Waals surface area contributed by atoms with Crippen LogP contribution in [-0.4, -0.2) is 72.7 Å². The van der Waals surface area contributed by atoms with E-state index in [9.17, 15) is 9.59 Å². The summed E-state index contributed by atoms with van der Waals surface area (Å²) in [4.78, 5) is 40.2. The van der Waals surface area contributed by atoms with Gasteiger partial charge in [-0.1, -0.05) is 0 Å². The molecule has 43 heavy (non-hydrogen) atoms. The molecule has 222 valence electrons. The summed E-state index contributed by atoms with van der Waals surface area (Å²) in [6, 6.07) is 20.0. The maximum Gasteiger partial charge on any atom is 0.260 e. The fraction of sp³-hybridized carbons (Fsp3) is 0.382. The number of ether oxygens (including phenoxy) is 2. The van der Waals surface area contributed by atoms with Gasteiger partial charge in [-0.25, -0.2) is 4.98 Å². The minimum atomic E-state index is -0.0360. The molecule has 1 aromatic heterocycles. The molecule has 4 aromatic rings. The van der Waals surface area contributed by atoms with Crippen LogP contribution in [0.15, 0.2) is 60.7 Å². The first-order valence-electron chi connectivity index (χ1n) is 15.3. The van der Waals surface area contributed by atoms with Gasteiger partial charge < -0.3 is 29.2 Å². The van der Waals surface area contributed by atoms with Gasteiger partial charge in [0.1, 0.15) is 11.6 Å². The average Bonchev–Trinajstić information content (AvgIpc) is 3.64. The van der Waals surface area contributed by atoms with Crippen LogP contribution < -0.4 is 14.5 Å². The van der Waals surface area contributed by atoms with Crippen molar-refractivity contribution in [2.75, 3.05) is 49.8 Å². The lowest BCUT2D eigenvalue weighted by Gasteiger charge is -2.31. The molecule has 3 aliphatic rings. The number of aromatic amines is 1. The van der Waals surface area contributed by atoms with Gasteiger partial charge in [-0.3, -0.25) is 9.59 Å². The van der Waals surface area contributed by atoms with Crippen molar-refractivity contribution in [1.29, 1.82) is 0 Å². The second kappa shape index (κ2) is 11.7. The number of anilines is 2. The van der Waals surface area contributed by atoms with Crippen LogP contribution in [0.5, 0.6) is 5.75 Å². The number of carbonyl (C=O) groups excluding carboxylic acids is 2. The predicted octanol–water partition coefficient (Wildman–Crippen LogP) is 5.40. The highest BCUT2D eigenvalue weighted by molar-refractivity contribution is 6.10. The summed E-state index contributed by atoms with van der Waals surface area (Å²) in [6.07, 6.45) is 5.46. The van der Waals surface area contributed by atoms with Crippen molar-refractivity contribution in [2.45, 2.75) is 44.7 Å². The molecule has 0 spiro atoms. The van der Waals surface area contributed by atoms with Crippen LogP contribution in [0.3, 0.4) is 0 Å². The van der Waals surface area contributed by atoms with Crippen molar-refractivity contribution in [3.63, 3.8) is 0 Å². The molecule has 0 radical (unpaired) electrons. The third-order valence-corrected chi connectivity index (χ3v) is 9.01.